The van der Waals surface area contributed by atoms with E-state index >= 15 is 0 Å². The summed E-state index contributed by atoms with van der Waals surface area (Å²) in [5.74, 6) is 0.184. The highest BCUT2D eigenvalue weighted by Crippen LogP contribution is 2.17. The van der Waals surface area contributed by atoms with Gasteiger partial charge in [0.2, 0.25) is 5.91 Å². The summed E-state index contributed by atoms with van der Waals surface area (Å²) in [5, 5.41) is 19.4. The fourth-order valence-corrected chi connectivity index (χ4v) is 2.24. The minimum absolute atomic E-state index is 0.0206. The summed E-state index contributed by atoms with van der Waals surface area (Å²) in [6.07, 6.45) is 3.23. The van der Waals surface area contributed by atoms with Crippen LogP contribution in [0.2, 0.25) is 0 Å². The van der Waals surface area contributed by atoms with Crippen molar-refractivity contribution in [2.24, 2.45) is 0 Å². The lowest BCUT2D eigenvalue weighted by Crippen LogP contribution is -2.39. The number of rotatable bonds is 4. The standard InChI is InChI=1S/C12H20N6O3/c1-16(2)12(21)13-10-6-17(15-14-10)7-11(20)18-5-3-4-9(18)8-19/h6,9,19H,3-5,7-8H2,1-2H3,(H,13,21). The Kier molecular flexibility index (Phi) is 4.73. The molecular formula is C12H20N6O3. The highest BCUT2D eigenvalue weighted by Gasteiger charge is 2.28. The molecule has 116 valence electrons. The molecular weight excluding hydrogens is 276 g/mol. The first-order chi connectivity index (χ1) is 10.0. The van der Waals surface area contributed by atoms with Gasteiger partial charge in [0.15, 0.2) is 5.82 Å². The largest absolute Gasteiger partial charge is 0.394 e. The molecule has 1 aliphatic heterocycles. The maximum absolute atomic E-state index is 12.2. The smallest absolute Gasteiger partial charge is 0.322 e. The molecule has 9 heteroatoms. The van der Waals surface area contributed by atoms with E-state index in [2.05, 4.69) is 15.6 Å². The number of aliphatic hydroxyl groups is 1. The number of nitrogens with one attached hydrogen (secondary N) is 1. The van der Waals surface area contributed by atoms with Crippen LogP contribution in [0.1, 0.15) is 12.8 Å². The summed E-state index contributed by atoms with van der Waals surface area (Å²) < 4.78 is 1.38. The van der Waals surface area contributed by atoms with Gasteiger partial charge in [-0.2, -0.15) is 0 Å². The van der Waals surface area contributed by atoms with E-state index in [1.807, 2.05) is 0 Å². The fourth-order valence-electron chi connectivity index (χ4n) is 2.24. The van der Waals surface area contributed by atoms with Gasteiger partial charge in [-0.25, -0.2) is 9.48 Å². The van der Waals surface area contributed by atoms with Gasteiger partial charge in [-0.05, 0) is 12.8 Å². The average Bonchev–Trinajstić information content (AvgIpc) is 3.07. The van der Waals surface area contributed by atoms with Crippen LogP contribution in [0.5, 0.6) is 0 Å². The quantitative estimate of drug-likeness (QED) is 0.769. The summed E-state index contributed by atoms with van der Waals surface area (Å²) in [5.41, 5.74) is 0. The number of hydrogen-bond acceptors (Lipinski definition) is 5. The van der Waals surface area contributed by atoms with E-state index in [9.17, 15) is 14.7 Å². The molecule has 3 amide bonds. The van der Waals surface area contributed by atoms with Crippen molar-refractivity contribution in [1.82, 2.24) is 24.8 Å². The van der Waals surface area contributed by atoms with Crippen LogP contribution in [-0.2, 0) is 11.3 Å². The normalized spacial score (nSPS) is 17.9. The number of likely N-dealkylation sites (tertiary alicyclic amines) is 1. The van der Waals surface area contributed by atoms with Gasteiger partial charge in [-0.15, -0.1) is 5.10 Å². The van der Waals surface area contributed by atoms with Crippen LogP contribution in [0.15, 0.2) is 6.20 Å². The number of nitrogens with zero attached hydrogens (tertiary/aromatic N) is 5. The second-order valence-corrected chi connectivity index (χ2v) is 5.19. The van der Waals surface area contributed by atoms with E-state index < -0.39 is 0 Å². The highest BCUT2D eigenvalue weighted by molar-refractivity contribution is 5.87. The van der Waals surface area contributed by atoms with Crippen molar-refractivity contribution in [3.63, 3.8) is 0 Å². The van der Waals surface area contributed by atoms with Gasteiger partial charge in [-0.1, -0.05) is 5.21 Å². The Morgan fingerprint density at radius 3 is 2.95 bits per heavy atom. The molecule has 2 heterocycles. The first-order valence-electron chi connectivity index (χ1n) is 6.80. The van der Waals surface area contributed by atoms with Crippen molar-refractivity contribution in [3.8, 4) is 0 Å². The topological polar surface area (TPSA) is 104 Å². The molecule has 21 heavy (non-hydrogen) atoms. The third kappa shape index (κ3) is 3.69. The number of amides is 3. The molecule has 1 atom stereocenters. The van der Waals surface area contributed by atoms with Gasteiger partial charge in [0.05, 0.1) is 18.8 Å². The molecule has 0 radical (unpaired) electrons. The first kappa shape index (κ1) is 15.2. The summed E-state index contributed by atoms with van der Waals surface area (Å²) in [6.45, 7) is 0.678. The lowest BCUT2D eigenvalue weighted by atomic mass is 10.2. The van der Waals surface area contributed by atoms with Crippen LogP contribution in [0, 0.1) is 0 Å². The molecule has 0 spiro atoms. The van der Waals surface area contributed by atoms with E-state index in [4.69, 9.17) is 0 Å². The lowest BCUT2D eigenvalue weighted by Gasteiger charge is -2.22. The molecule has 1 saturated heterocycles. The number of hydrogen-bond donors (Lipinski definition) is 2. The molecule has 0 aliphatic carbocycles. The molecule has 9 nitrogen and oxygen atoms in total. The fraction of sp³-hybridized carbons (Fsp3) is 0.667. The summed E-state index contributed by atoms with van der Waals surface area (Å²) in [6, 6.07) is -0.415. The molecule has 1 aromatic rings. The van der Waals surface area contributed by atoms with Gasteiger partial charge in [0, 0.05) is 20.6 Å². The number of aromatic nitrogens is 3. The molecule has 0 bridgehead atoms. The van der Waals surface area contributed by atoms with Crippen molar-refractivity contribution >= 4 is 17.8 Å². The van der Waals surface area contributed by atoms with E-state index in [1.54, 1.807) is 19.0 Å². The molecule has 0 saturated carbocycles. The van der Waals surface area contributed by atoms with E-state index in [0.29, 0.717) is 12.4 Å². The number of carbonyl (C=O) groups excluding carboxylic acids is 2. The van der Waals surface area contributed by atoms with Crippen LogP contribution in [-0.4, -0.2) is 75.1 Å². The van der Waals surface area contributed by atoms with E-state index in [1.165, 1.54) is 15.8 Å². The maximum Gasteiger partial charge on any atom is 0.322 e. The van der Waals surface area contributed by atoms with Gasteiger partial charge < -0.3 is 14.9 Å². The van der Waals surface area contributed by atoms with E-state index in [-0.39, 0.29) is 31.1 Å². The molecule has 1 aromatic heterocycles. The molecule has 2 N–H and O–H groups in total. The Bertz CT molecular complexity index is 515. The van der Waals surface area contributed by atoms with Crippen molar-refractivity contribution in [1.29, 1.82) is 0 Å². The Morgan fingerprint density at radius 1 is 1.52 bits per heavy atom. The van der Waals surface area contributed by atoms with Gasteiger partial charge in [0.25, 0.3) is 0 Å². The van der Waals surface area contributed by atoms with Crippen LogP contribution in [0.4, 0.5) is 10.6 Å². The summed E-state index contributed by atoms with van der Waals surface area (Å²) in [7, 11) is 3.23. The predicted octanol–water partition coefficient (Wildman–Crippen LogP) is -0.645. The van der Waals surface area contributed by atoms with Crippen molar-refractivity contribution in [2.75, 3.05) is 32.6 Å². The van der Waals surface area contributed by atoms with Crippen molar-refractivity contribution in [3.05, 3.63) is 6.20 Å². The molecule has 1 aliphatic rings. The third-order valence-corrected chi connectivity index (χ3v) is 3.39. The van der Waals surface area contributed by atoms with Gasteiger partial charge >= 0.3 is 6.03 Å². The number of aliphatic hydroxyl groups excluding tert-OH is 1. The zero-order chi connectivity index (χ0) is 15.4. The second kappa shape index (κ2) is 6.53. The molecule has 1 fully saturated rings. The predicted molar refractivity (Wildman–Crippen MR) is 74.5 cm³/mol. The minimum atomic E-state index is -0.312. The van der Waals surface area contributed by atoms with Crippen LogP contribution in [0.3, 0.4) is 0 Å². The second-order valence-electron chi connectivity index (χ2n) is 5.19. The zero-order valence-corrected chi connectivity index (χ0v) is 12.2. The average molecular weight is 296 g/mol. The first-order valence-corrected chi connectivity index (χ1v) is 6.80. The zero-order valence-electron chi connectivity index (χ0n) is 12.2. The summed E-state index contributed by atoms with van der Waals surface area (Å²) in [4.78, 5) is 26.7. The Hall–Kier alpha value is -2.16. The van der Waals surface area contributed by atoms with E-state index in [0.717, 1.165) is 12.8 Å². The number of anilines is 1. The highest BCUT2D eigenvalue weighted by atomic mass is 16.3. The number of urea groups is 1. The summed E-state index contributed by atoms with van der Waals surface area (Å²) >= 11 is 0. The van der Waals surface area contributed by atoms with Gasteiger partial charge in [0.1, 0.15) is 6.54 Å². The van der Waals surface area contributed by atoms with Gasteiger partial charge in [-0.3, -0.25) is 10.1 Å². The monoisotopic (exact) mass is 296 g/mol. The minimum Gasteiger partial charge on any atom is -0.394 e. The Labute approximate surface area is 122 Å². The Balaban J connectivity index is 1.93. The Morgan fingerprint density at radius 2 is 2.29 bits per heavy atom. The molecule has 2 rings (SSSR count). The van der Waals surface area contributed by atoms with Crippen LogP contribution in [0.25, 0.3) is 0 Å². The third-order valence-electron chi connectivity index (χ3n) is 3.39. The van der Waals surface area contributed by atoms with Crippen molar-refractivity contribution < 1.29 is 14.7 Å². The molecule has 1 unspecified atom stereocenters. The lowest BCUT2D eigenvalue weighted by molar-refractivity contribution is -0.133. The van der Waals surface area contributed by atoms with Crippen LogP contribution < -0.4 is 5.32 Å². The van der Waals surface area contributed by atoms with Crippen LogP contribution >= 0.6 is 0 Å². The number of carbonyl (C=O) groups is 2. The van der Waals surface area contributed by atoms with Crippen molar-refractivity contribution in [2.45, 2.75) is 25.4 Å². The SMILES string of the molecule is CN(C)C(=O)Nc1cn(CC(=O)N2CCCC2CO)nn1. The molecule has 0 aromatic carbocycles. The maximum atomic E-state index is 12.2.